The molecule has 1 saturated heterocycles. The molecule has 1 aliphatic heterocycles. The fourth-order valence-corrected chi connectivity index (χ4v) is 5.00. The Morgan fingerprint density at radius 1 is 1.00 bits per heavy atom. The molecule has 2 aliphatic rings. The Bertz CT molecular complexity index is 1010. The summed E-state index contributed by atoms with van der Waals surface area (Å²) in [5, 5.41) is 11.3. The first-order valence-electron chi connectivity index (χ1n) is 10.2. The van der Waals surface area contributed by atoms with Crippen molar-refractivity contribution < 1.29 is 9.84 Å². The SMILES string of the molecule is O[C@@H]1C[C@H]2CN(Cc3ccc4nccnc4c3)C[C@H]2C[C@H]1Oc1cccc(Cl)c1. The van der Waals surface area contributed by atoms with E-state index >= 15 is 0 Å². The number of likely N-dealkylation sites (tertiary alicyclic amines) is 1. The summed E-state index contributed by atoms with van der Waals surface area (Å²) in [5.74, 6) is 1.79. The fourth-order valence-electron chi connectivity index (χ4n) is 4.82. The molecule has 4 atom stereocenters. The van der Waals surface area contributed by atoms with Crippen LogP contribution in [0.2, 0.25) is 5.02 Å². The Hall–Kier alpha value is -2.21. The Morgan fingerprint density at radius 3 is 2.62 bits per heavy atom. The number of aliphatic hydroxyl groups excluding tert-OH is 1. The molecule has 0 unspecified atom stereocenters. The lowest BCUT2D eigenvalue weighted by Gasteiger charge is -2.35. The van der Waals surface area contributed by atoms with Crippen molar-refractivity contribution >= 4 is 22.6 Å². The third kappa shape index (κ3) is 4.08. The minimum absolute atomic E-state index is 0.175. The van der Waals surface area contributed by atoms with Gasteiger partial charge in [-0.1, -0.05) is 23.7 Å². The van der Waals surface area contributed by atoms with Crippen molar-refractivity contribution in [2.45, 2.75) is 31.6 Å². The standard InChI is InChI=1S/C23H24ClN3O2/c24-18-2-1-3-19(11-18)29-23-10-17-14-27(13-16(17)9-22(23)28)12-15-4-5-20-21(8-15)26-7-6-25-20/h1-8,11,16-17,22-23,28H,9-10,12-14H2/t16-,17+,22+,23+/m0/s1. The Morgan fingerprint density at radius 2 is 1.79 bits per heavy atom. The molecule has 1 saturated carbocycles. The molecular weight excluding hydrogens is 386 g/mol. The zero-order chi connectivity index (χ0) is 19.8. The van der Waals surface area contributed by atoms with Gasteiger partial charge in [-0.3, -0.25) is 14.9 Å². The molecule has 1 aromatic heterocycles. The van der Waals surface area contributed by atoms with Crippen LogP contribution in [0, 0.1) is 11.8 Å². The average Bonchev–Trinajstić information content (AvgIpc) is 3.09. The molecule has 6 heteroatoms. The molecule has 0 amide bonds. The highest BCUT2D eigenvalue weighted by molar-refractivity contribution is 6.30. The predicted octanol–water partition coefficient (Wildman–Crippen LogP) is 3.93. The fraction of sp³-hybridized carbons (Fsp3) is 0.391. The van der Waals surface area contributed by atoms with Crippen molar-refractivity contribution in [3.8, 4) is 5.75 Å². The monoisotopic (exact) mass is 409 g/mol. The highest BCUT2D eigenvalue weighted by atomic mass is 35.5. The van der Waals surface area contributed by atoms with Crippen molar-refractivity contribution in [2.24, 2.45) is 11.8 Å². The normalized spacial score (nSPS) is 27.1. The Labute approximate surface area is 175 Å². The highest BCUT2D eigenvalue weighted by Crippen LogP contribution is 2.38. The van der Waals surface area contributed by atoms with Gasteiger partial charge in [-0.15, -0.1) is 0 Å². The van der Waals surface area contributed by atoms with Gasteiger partial charge in [0.05, 0.1) is 17.1 Å². The molecule has 0 radical (unpaired) electrons. The van der Waals surface area contributed by atoms with Gasteiger partial charge in [0.1, 0.15) is 11.9 Å². The third-order valence-corrected chi connectivity index (χ3v) is 6.42. The number of aliphatic hydroxyl groups is 1. The van der Waals surface area contributed by atoms with Gasteiger partial charge in [0.25, 0.3) is 0 Å². The van der Waals surface area contributed by atoms with Crippen molar-refractivity contribution in [3.05, 3.63) is 65.4 Å². The number of hydrogen-bond acceptors (Lipinski definition) is 5. The second kappa shape index (κ2) is 7.90. The summed E-state index contributed by atoms with van der Waals surface area (Å²) in [4.78, 5) is 11.2. The van der Waals surface area contributed by atoms with E-state index in [0.29, 0.717) is 16.9 Å². The van der Waals surface area contributed by atoms with Crippen LogP contribution in [0.15, 0.2) is 54.9 Å². The molecule has 2 fully saturated rings. The summed E-state index contributed by atoms with van der Waals surface area (Å²) in [5.41, 5.74) is 3.12. The minimum atomic E-state index is -0.439. The summed E-state index contributed by atoms with van der Waals surface area (Å²) >= 11 is 6.06. The van der Waals surface area contributed by atoms with E-state index in [4.69, 9.17) is 16.3 Å². The Balaban J connectivity index is 1.24. The first kappa shape index (κ1) is 18.8. The quantitative estimate of drug-likeness (QED) is 0.707. The number of ether oxygens (including phenoxy) is 1. The van der Waals surface area contributed by atoms with Crippen LogP contribution >= 0.6 is 11.6 Å². The van der Waals surface area contributed by atoms with Crippen molar-refractivity contribution in [2.75, 3.05) is 13.1 Å². The van der Waals surface area contributed by atoms with Crippen LogP contribution in [0.25, 0.3) is 11.0 Å². The van der Waals surface area contributed by atoms with Crippen LogP contribution in [-0.2, 0) is 6.54 Å². The molecule has 1 N–H and O–H groups in total. The summed E-state index contributed by atoms with van der Waals surface area (Å²) in [6.45, 7) is 2.95. The van der Waals surface area contributed by atoms with Crippen LogP contribution in [-0.4, -0.2) is 45.3 Å². The van der Waals surface area contributed by atoms with Crippen LogP contribution in [0.3, 0.4) is 0 Å². The molecular formula is C23H24ClN3O2. The molecule has 2 heterocycles. The lowest BCUT2D eigenvalue weighted by atomic mass is 9.78. The molecule has 5 rings (SSSR count). The number of halogens is 1. The van der Waals surface area contributed by atoms with E-state index in [9.17, 15) is 5.11 Å². The predicted molar refractivity (Wildman–Crippen MR) is 113 cm³/mol. The van der Waals surface area contributed by atoms with Gasteiger partial charge in [-0.25, -0.2) is 0 Å². The Kier molecular flexibility index (Phi) is 5.12. The number of hydrogen-bond donors (Lipinski definition) is 1. The lowest BCUT2D eigenvalue weighted by molar-refractivity contribution is -0.0231. The highest BCUT2D eigenvalue weighted by Gasteiger charge is 2.42. The van der Waals surface area contributed by atoms with E-state index in [1.807, 2.05) is 30.3 Å². The van der Waals surface area contributed by atoms with Gasteiger partial charge in [-0.05, 0) is 60.6 Å². The number of nitrogens with zero attached hydrogens (tertiary/aromatic N) is 3. The smallest absolute Gasteiger partial charge is 0.125 e. The van der Waals surface area contributed by atoms with Gasteiger partial charge in [0.2, 0.25) is 0 Å². The maximum atomic E-state index is 10.6. The van der Waals surface area contributed by atoms with E-state index in [0.717, 1.165) is 49.3 Å². The zero-order valence-electron chi connectivity index (χ0n) is 16.1. The number of benzene rings is 2. The summed E-state index contributed by atoms with van der Waals surface area (Å²) in [7, 11) is 0. The van der Waals surface area contributed by atoms with Crippen LogP contribution in [0.5, 0.6) is 5.75 Å². The maximum absolute atomic E-state index is 10.6. The van der Waals surface area contributed by atoms with Gasteiger partial charge in [0.15, 0.2) is 0 Å². The first-order valence-corrected chi connectivity index (χ1v) is 10.5. The summed E-state index contributed by atoms with van der Waals surface area (Å²) in [6, 6.07) is 13.7. The van der Waals surface area contributed by atoms with Gasteiger partial charge < -0.3 is 9.84 Å². The zero-order valence-corrected chi connectivity index (χ0v) is 16.9. The molecule has 29 heavy (non-hydrogen) atoms. The van der Waals surface area contributed by atoms with E-state index in [2.05, 4.69) is 27.0 Å². The lowest BCUT2D eigenvalue weighted by Crippen LogP contribution is -2.42. The number of fused-ring (bicyclic) bond motifs is 2. The molecule has 150 valence electrons. The van der Waals surface area contributed by atoms with Crippen LogP contribution in [0.4, 0.5) is 0 Å². The van der Waals surface area contributed by atoms with E-state index in [-0.39, 0.29) is 6.10 Å². The third-order valence-electron chi connectivity index (χ3n) is 6.18. The first-order chi connectivity index (χ1) is 14.1. The molecule has 0 spiro atoms. The molecule has 0 bridgehead atoms. The average molecular weight is 410 g/mol. The van der Waals surface area contributed by atoms with Crippen molar-refractivity contribution in [1.82, 2.24) is 14.9 Å². The molecule has 2 aromatic carbocycles. The molecule has 5 nitrogen and oxygen atoms in total. The van der Waals surface area contributed by atoms with E-state index in [1.54, 1.807) is 12.4 Å². The largest absolute Gasteiger partial charge is 0.488 e. The summed E-state index contributed by atoms with van der Waals surface area (Å²) in [6.07, 6.45) is 4.50. The number of rotatable bonds is 4. The second-order valence-electron chi connectivity index (χ2n) is 8.25. The van der Waals surface area contributed by atoms with Gasteiger partial charge in [0, 0.05) is 37.1 Å². The van der Waals surface area contributed by atoms with Crippen LogP contribution < -0.4 is 4.74 Å². The van der Waals surface area contributed by atoms with E-state index in [1.165, 1.54) is 5.56 Å². The van der Waals surface area contributed by atoms with Gasteiger partial charge in [-0.2, -0.15) is 0 Å². The topological polar surface area (TPSA) is 58.5 Å². The minimum Gasteiger partial charge on any atom is -0.488 e. The number of aromatic nitrogens is 2. The van der Waals surface area contributed by atoms with Crippen molar-refractivity contribution in [3.63, 3.8) is 0 Å². The van der Waals surface area contributed by atoms with Crippen LogP contribution in [0.1, 0.15) is 18.4 Å². The molecule has 3 aromatic rings. The van der Waals surface area contributed by atoms with Crippen molar-refractivity contribution in [1.29, 1.82) is 0 Å². The van der Waals surface area contributed by atoms with E-state index < -0.39 is 6.10 Å². The van der Waals surface area contributed by atoms with Gasteiger partial charge >= 0.3 is 0 Å². The molecule has 1 aliphatic carbocycles. The summed E-state index contributed by atoms with van der Waals surface area (Å²) < 4.78 is 6.09. The maximum Gasteiger partial charge on any atom is 0.125 e. The second-order valence-corrected chi connectivity index (χ2v) is 8.68.